The van der Waals surface area contributed by atoms with Crippen LogP contribution in [0.1, 0.15) is 31.9 Å². The van der Waals surface area contributed by atoms with E-state index < -0.39 is 0 Å². The summed E-state index contributed by atoms with van der Waals surface area (Å²) in [4.78, 5) is 2.40. The van der Waals surface area contributed by atoms with E-state index in [1.165, 1.54) is 12.0 Å². The van der Waals surface area contributed by atoms with Crippen molar-refractivity contribution in [1.82, 2.24) is 10.2 Å². The molecule has 1 N–H and O–H groups in total. The SMILES string of the molecule is CC(NC1CCN(C)CC1C)c1ccc(OCC#N)cc1. The standard InChI is InChI=1S/C17H25N3O/c1-13-12-20(3)10-8-17(13)19-14(2)15-4-6-16(7-5-15)21-11-9-18/h4-7,13-14,17,19H,8,10-12H2,1-3H3. The first-order chi connectivity index (χ1) is 10.1. The summed E-state index contributed by atoms with van der Waals surface area (Å²) in [7, 11) is 2.19. The first-order valence-corrected chi connectivity index (χ1v) is 7.64. The van der Waals surface area contributed by atoms with Gasteiger partial charge in [0.15, 0.2) is 6.61 Å². The van der Waals surface area contributed by atoms with Gasteiger partial charge in [-0.15, -0.1) is 0 Å². The summed E-state index contributed by atoms with van der Waals surface area (Å²) < 4.78 is 5.28. The van der Waals surface area contributed by atoms with Crippen molar-refractivity contribution in [2.45, 2.75) is 32.4 Å². The van der Waals surface area contributed by atoms with Crippen LogP contribution in [0.4, 0.5) is 0 Å². The van der Waals surface area contributed by atoms with Crippen molar-refractivity contribution in [2.24, 2.45) is 5.92 Å². The van der Waals surface area contributed by atoms with E-state index >= 15 is 0 Å². The van der Waals surface area contributed by atoms with Crippen molar-refractivity contribution in [1.29, 1.82) is 5.26 Å². The van der Waals surface area contributed by atoms with E-state index in [-0.39, 0.29) is 6.61 Å². The second-order valence-corrected chi connectivity index (χ2v) is 6.04. The van der Waals surface area contributed by atoms with Crippen LogP contribution in [0.15, 0.2) is 24.3 Å². The highest BCUT2D eigenvalue weighted by Crippen LogP contribution is 2.22. The Morgan fingerprint density at radius 1 is 1.43 bits per heavy atom. The van der Waals surface area contributed by atoms with Crippen molar-refractivity contribution in [3.63, 3.8) is 0 Å². The minimum absolute atomic E-state index is 0.0975. The Kier molecular flexibility index (Phi) is 5.60. The van der Waals surface area contributed by atoms with Crippen LogP contribution in [0.2, 0.25) is 0 Å². The number of rotatable bonds is 5. The molecule has 1 aromatic rings. The lowest BCUT2D eigenvalue weighted by atomic mass is 9.93. The lowest BCUT2D eigenvalue weighted by Gasteiger charge is -2.37. The normalized spacial score (nSPS) is 24.3. The number of hydrogen-bond acceptors (Lipinski definition) is 4. The fraction of sp³-hybridized carbons (Fsp3) is 0.588. The number of nitrogens with one attached hydrogen (secondary N) is 1. The third kappa shape index (κ3) is 4.45. The van der Waals surface area contributed by atoms with Crippen molar-refractivity contribution >= 4 is 0 Å². The van der Waals surface area contributed by atoms with Crippen LogP contribution < -0.4 is 10.1 Å². The molecule has 1 fully saturated rings. The average molecular weight is 287 g/mol. The largest absolute Gasteiger partial charge is 0.479 e. The Hall–Kier alpha value is -1.57. The smallest absolute Gasteiger partial charge is 0.174 e. The van der Waals surface area contributed by atoms with E-state index in [2.05, 4.69) is 43.2 Å². The molecule has 4 nitrogen and oxygen atoms in total. The molecule has 1 aliphatic rings. The Labute approximate surface area is 127 Å². The van der Waals surface area contributed by atoms with Gasteiger partial charge in [0.1, 0.15) is 11.8 Å². The van der Waals surface area contributed by atoms with E-state index in [4.69, 9.17) is 10.00 Å². The van der Waals surface area contributed by atoms with Gasteiger partial charge in [0.05, 0.1) is 0 Å². The van der Waals surface area contributed by atoms with Crippen LogP contribution in [-0.2, 0) is 0 Å². The number of hydrogen-bond donors (Lipinski definition) is 1. The minimum Gasteiger partial charge on any atom is -0.479 e. The fourth-order valence-corrected chi connectivity index (χ4v) is 2.99. The zero-order chi connectivity index (χ0) is 15.2. The maximum Gasteiger partial charge on any atom is 0.174 e. The quantitative estimate of drug-likeness (QED) is 0.904. The second kappa shape index (κ2) is 7.44. The molecule has 2 rings (SSSR count). The molecule has 1 heterocycles. The molecule has 0 aromatic heterocycles. The van der Waals surface area contributed by atoms with Gasteiger partial charge >= 0.3 is 0 Å². The molecule has 3 unspecified atom stereocenters. The van der Waals surface area contributed by atoms with E-state index in [0.717, 1.165) is 18.8 Å². The Morgan fingerprint density at radius 3 is 2.76 bits per heavy atom. The molecule has 0 spiro atoms. The van der Waals surface area contributed by atoms with Crippen LogP contribution in [0, 0.1) is 17.2 Å². The summed E-state index contributed by atoms with van der Waals surface area (Å²) in [5.74, 6) is 1.42. The highest BCUT2D eigenvalue weighted by molar-refractivity contribution is 5.29. The predicted molar refractivity (Wildman–Crippen MR) is 84.2 cm³/mol. The zero-order valence-electron chi connectivity index (χ0n) is 13.2. The molecule has 3 atom stereocenters. The van der Waals surface area contributed by atoms with Crippen LogP contribution in [0.25, 0.3) is 0 Å². The van der Waals surface area contributed by atoms with Crippen molar-refractivity contribution in [2.75, 3.05) is 26.7 Å². The van der Waals surface area contributed by atoms with Gasteiger partial charge in [-0.05, 0) is 50.6 Å². The molecule has 1 saturated heterocycles. The van der Waals surface area contributed by atoms with E-state index in [1.807, 2.05) is 18.2 Å². The van der Waals surface area contributed by atoms with E-state index in [1.54, 1.807) is 0 Å². The average Bonchev–Trinajstić information content (AvgIpc) is 2.48. The summed E-state index contributed by atoms with van der Waals surface area (Å²) in [6.07, 6.45) is 1.20. The van der Waals surface area contributed by atoms with E-state index in [0.29, 0.717) is 18.0 Å². The Balaban J connectivity index is 1.91. The number of likely N-dealkylation sites (tertiary alicyclic amines) is 1. The molecule has 1 aliphatic heterocycles. The summed E-state index contributed by atoms with van der Waals surface area (Å²) in [6, 6.07) is 10.9. The van der Waals surface area contributed by atoms with Gasteiger partial charge in [-0.3, -0.25) is 0 Å². The van der Waals surface area contributed by atoms with Crippen LogP contribution in [-0.4, -0.2) is 37.7 Å². The number of nitrogens with zero attached hydrogens (tertiary/aromatic N) is 2. The van der Waals surface area contributed by atoms with Crippen LogP contribution in [0.5, 0.6) is 5.75 Å². The Bertz CT molecular complexity index is 480. The third-order valence-electron chi connectivity index (χ3n) is 4.26. The summed E-state index contributed by atoms with van der Waals surface area (Å²) >= 11 is 0. The Morgan fingerprint density at radius 2 is 2.14 bits per heavy atom. The van der Waals surface area contributed by atoms with Crippen molar-refractivity contribution in [3.05, 3.63) is 29.8 Å². The first-order valence-electron chi connectivity index (χ1n) is 7.64. The monoisotopic (exact) mass is 287 g/mol. The van der Waals surface area contributed by atoms with Gasteiger partial charge in [-0.1, -0.05) is 19.1 Å². The number of benzene rings is 1. The molecule has 0 radical (unpaired) electrons. The number of ether oxygens (including phenoxy) is 1. The second-order valence-electron chi connectivity index (χ2n) is 6.04. The van der Waals surface area contributed by atoms with Gasteiger partial charge in [0.2, 0.25) is 0 Å². The summed E-state index contributed by atoms with van der Waals surface area (Å²) in [5.41, 5.74) is 1.26. The number of nitriles is 1. The molecule has 4 heteroatoms. The van der Waals surface area contributed by atoms with Gasteiger partial charge in [0.25, 0.3) is 0 Å². The lowest BCUT2D eigenvalue weighted by Crippen LogP contribution is -2.47. The molecule has 0 saturated carbocycles. The topological polar surface area (TPSA) is 48.3 Å². The molecule has 0 amide bonds. The van der Waals surface area contributed by atoms with Crippen molar-refractivity contribution < 1.29 is 4.74 Å². The molecular weight excluding hydrogens is 262 g/mol. The maximum absolute atomic E-state index is 8.51. The van der Waals surface area contributed by atoms with Crippen LogP contribution in [0.3, 0.4) is 0 Å². The van der Waals surface area contributed by atoms with Gasteiger partial charge in [-0.25, -0.2) is 0 Å². The predicted octanol–water partition coefficient (Wildman–Crippen LogP) is 2.58. The highest BCUT2D eigenvalue weighted by Gasteiger charge is 2.25. The number of piperidine rings is 1. The van der Waals surface area contributed by atoms with Crippen LogP contribution >= 0.6 is 0 Å². The summed E-state index contributed by atoms with van der Waals surface area (Å²) in [6.45, 7) is 6.94. The zero-order valence-corrected chi connectivity index (χ0v) is 13.2. The van der Waals surface area contributed by atoms with Gasteiger partial charge in [-0.2, -0.15) is 5.26 Å². The molecular formula is C17H25N3O. The highest BCUT2D eigenvalue weighted by atomic mass is 16.5. The molecule has 0 bridgehead atoms. The van der Waals surface area contributed by atoms with Crippen molar-refractivity contribution in [3.8, 4) is 11.8 Å². The lowest BCUT2D eigenvalue weighted by molar-refractivity contribution is 0.168. The fourth-order valence-electron chi connectivity index (χ4n) is 2.99. The summed E-state index contributed by atoms with van der Waals surface area (Å²) in [5, 5.41) is 12.3. The molecule has 0 aliphatic carbocycles. The first kappa shape index (κ1) is 15.8. The maximum atomic E-state index is 8.51. The third-order valence-corrected chi connectivity index (χ3v) is 4.26. The molecule has 114 valence electrons. The van der Waals surface area contributed by atoms with E-state index in [9.17, 15) is 0 Å². The van der Waals surface area contributed by atoms with Gasteiger partial charge in [0, 0.05) is 18.6 Å². The minimum atomic E-state index is 0.0975. The molecule has 1 aromatic carbocycles. The molecule has 21 heavy (non-hydrogen) atoms. The van der Waals surface area contributed by atoms with Gasteiger partial charge < -0.3 is 15.0 Å².